The van der Waals surface area contributed by atoms with Crippen molar-refractivity contribution < 1.29 is 14.3 Å². The first-order valence-electron chi connectivity index (χ1n) is 8.36. The van der Waals surface area contributed by atoms with Crippen LogP contribution in [-0.2, 0) is 14.3 Å². The van der Waals surface area contributed by atoms with E-state index in [4.69, 9.17) is 10.5 Å². The first-order valence-corrected chi connectivity index (χ1v) is 9.41. The van der Waals surface area contributed by atoms with E-state index in [1.165, 1.54) is 0 Å². The van der Waals surface area contributed by atoms with E-state index >= 15 is 0 Å². The first-order chi connectivity index (χ1) is 11.7. The van der Waals surface area contributed by atoms with Crippen LogP contribution >= 0.6 is 11.8 Å². The Morgan fingerprint density at radius 3 is 2.84 bits per heavy atom. The summed E-state index contributed by atoms with van der Waals surface area (Å²) in [6, 6.07) is -0.300. The maximum Gasteiger partial charge on any atom is 0.355 e. The number of fused-ring (bicyclic) bond motifs is 1. The van der Waals surface area contributed by atoms with Gasteiger partial charge in [-0.15, -0.1) is 11.8 Å². The van der Waals surface area contributed by atoms with Crippen molar-refractivity contribution in [1.82, 2.24) is 15.5 Å². The minimum absolute atomic E-state index is 0.104. The third-order valence-corrected chi connectivity index (χ3v) is 5.56. The predicted molar refractivity (Wildman–Crippen MR) is 96.8 cm³/mol. The van der Waals surface area contributed by atoms with Crippen LogP contribution in [0, 0.1) is 0 Å². The Labute approximate surface area is 151 Å². The largest absolute Gasteiger partial charge is 0.455 e. The molecule has 0 aromatic heterocycles. The molecule has 2 unspecified atom stereocenters. The molecule has 3 aliphatic heterocycles. The molecule has 0 aromatic carbocycles. The van der Waals surface area contributed by atoms with Crippen molar-refractivity contribution in [3.8, 4) is 0 Å². The van der Waals surface area contributed by atoms with Gasteiger partial charge in [-0.1, -0.05) is 0 Å². The van der Waals surface area contributed by atoms with E-state index in [1.807, 2.05) is 27.7 Å². The number of β-lactam (4-membered cyclic amide) rings is 1. The minimum Gasteiger partial charge on any atom is -0.455 e. The molecule has 0 aliphatic carbocycles. The summed E-state index contributed by atoms with van der Waals surface area (Å²) in [5, 5.41) is 6.17. The van der Waals surface area contributed by atoms with Gasteiger partial charge in [-0.2, -0.15) is 0 Å². The molecule has 8 nitrogen and oxygen atoms in total. The molecular formula is C16H25N5O3S. The highest BCUT2D eigenvalue weighted by Crippen LogP contribution is 2.40. The van der Waals surface area contributed by atoms with Crippen LogP contribution in [0.3, 0.4) is 0 Å². The second-order valence-electron chi connectivity index (χ2n) is 7.43. The van der Waals surface area contributed by atoms with Crippen molar-refractivity contribution >= 4 is 29.6 Å². The number of ether oxygens (including phenoxy) is 1. The highest BCUT2D eigenvalue weighted by Gasteiger charge is 2.54. The Morgan fingerprint density at radius 1 is 1.52 bits per heavy atom. The number of nitrogens with one attached hydrogen (secondary N) is 2. The maximum absolute atomic E-state index is 12.7. The van der Waals surface area contributed by atoms with Gasteiger partial charge in [0, 0.05) is 12.3 Å². The van der Waals surface area contributed by atoms with Crippen LogP contribution < -0.4 is 16.4 Å². The number of carbonyl (C=O) groups excluding carboxylic acids is 2. The van der Waals surface area contributed by atoms with Crippen LogP contribution in [0.25, 0.3) is 0 Å². The topological polar surface area (TPSA) is 109 Å². The number of hydrogen-bond donors (Lipinski definition) is 3. The fourth-order valence-corrected chi connectivity index (χ4v) is 4.24. The third kappa shape index (κ3) is 3.48. The smallest absolute Gasteiger partial charge is 0.355 e. The van der Waals surface area contributed by atoms with E-state index in [9.17, 15) is 9.59 Å². The molecule has 25 heavy (non-hydrogen) atoms. The number of rotatable bonds is 3. The van der Waals surface area contributed by atoms with E-state index in [0.29, 0.717) is 30.5 Å². The fraction of sp³-hybridized carbons (Fsp3) is 0.688. The zero-order valence-corrected chi connectivity index (χ0v) is 15.8. The lowest BCUT2D eigenvalue weighted by atomic mass is 10.0. The van der Waals surface area contributed by atoms with E-state index in [-0.39, 0.29) is 17.3 Å². The standard InChI is InChI=1S/C16H25N5O3S/c1-8-7-25-13-10(20-15-18-6-9(5-17)19-15)12(22)21(13)11(8)14(23)24-16(2,3)4/h9-10,13H,5-7,17H2,1-4H3,(H2,18,19,20)/t9?,10?,13-/m0/s1. The zero-order chi connectivity index (χ0) is 18.4. The minimum atomic E-state index is -0.601. The van der Waals surface area contributed by atoms with Gasteiger partial charge in [-0.25, -0.2) is 4.79 Å². The van der Waals surface area contributed by atoms with Crippen LogP contribution in [0.1, 0.15) is 27.7 Å². The van der Waals surface area contributed by atoms with Gasteiger partial charge in [0.2, 0.25) is 0 Å². The van der Waals surface area contributed by atoms with E-state index in [0.717, 1.165) is 5.57 Å². The molecule has 3 aliphatic rings. The SMILES string of the molecule is CC1=C(C(=O)OC(C)(C)C)N2C(=O)C(NC3=NCC(CN)N3)[C@@H]2SC1. The number of amides is 1. The number of carbonyl (C=O) groups is 2. The molecule has 1 saturated heterocycles. The Hall–Kier alpha value is -1.74. The summed E-state index contributed by atoms with van der Waals surface area (Å²) in [6.07, 6.45) is 0. The number of esters is 1. The number of thioether (sulfide) groups is 1. The highest BCUT2D eigenvalue weighted by molar-refractivity contribution is 8.00. The van der Waals surface area contributed by atoms with Crippen molar-refractivity contribution in [2.75, 3.05) is 18.8 Å². The fourth-order valence-electron chi connectivity index (χ4n) is 2.94. The molecule has 0 radical (unpaired) electrons. The van der Waals surface area contributed by atoms with Gasteiger partial charge < -0.3 is 21.1 Å². The lowest BCUT2D eigenvalue weighted by Crippen LogP contribution is -2.71. The number of aliphatic imine (C=N–C) groups is 1. The Bertz CT molecular complexity index is 655. The summed E-state index contributed by atoms with van der Waals surface area (Å²) in [5.41, 5.74) is 6.26. The molecule has 0 saturated carbocycles. The second kappa shape index (κ2) is 6.53. The van der Waals surface area contributed by atoms with Crippen molar-refractivity contribution in [2.45, 2.75) is 50.8 Å². The Kier molecular flexibility index (Phi) is 4.72. The van der Waals surface area contributed by atoms with E-state index < -0.39 is 17.6 Å². The first kappa shape index (κ1) is 18.1. The van der Waals surface area contributed by atoms with Gasteiger partial charge in [-0.05, 0) is 33.3 Å². The molecule has 1 amide bonds. The van der Waals surface area contributed by atoms with Crippen LogP contribution in [-0.4, -0.2) is 64.6 Å². The molecule has 138 valence electrons. The Balaban J connectivity index is 1.70. The normalized spacial score (nSPS) is 28.8. The molecule has 1 fully saturated rings. The monoisotopic (exact) mass is 367 g/mol. The van der Waals surface area contributed by atoms with Gasteiger partial charge in [0.05, 0.1) is 12.6 Å². The van der Waals surface area contributed by atoms with Gasteiger partial charge in [0.25, 0.3) is 5.91 Å². The summed E-state index contributed by atoms with van der Waals surface area (Å²) < 4.78 is 5.48. The average molecular weight is 367 g/mol. The second-order valence-corrected chi connectivity index (χ2v) is 8.53. The molecule has 4 N–H and O–H groups in total. The molecule has 9 heteroatoms. The van der Waals surface area contributed by atoms with Crippen LogP contribution in [0.15, 0.2) is 16.3 Å². The summed E-state index contributed by atoms with van der Waals surface area (Å²) in [5.74, 6) is 0.700. The summed E-state index contributed by atoms with van der Waals surface area (Å²) in [6.45, 7) is 8.40. The maximum atomic E-state index is 12.7. The van der Waals surface area contributed by atoms with Crippen LogP contribution in [0.5, 0.6) is 0 Å². The van der Waals surface area contributed by atoms with Crippen LogP contribution in [0.2, 0.25) is 0 Å². The molecule has 0 bridgehead atoms. The summed E-state index contributed by atoms with van der Waals surface area (Å²) in [4.78, 5) is 31.1. The lowest BCUT2D eigenvalue weighted by Gasteiger charge is -2.50. The number of nitrogens with two attached hydrogens (primary N) is 1. The average Bonchev–Trinajstić information content (AvgIpc) is 2.98. The van der Waals surface area contributed by atoms with Crippen LogP contribution in [0.4, 0.5) is 0 Å². The Morgan fingerprint density at radius 2 is 2.24 bits per heavy atom. The molecular weight excluding hydrogens is 342 g/mol. The van der Waals surface area contributed by atoms with Gasteiger partial charge in [0.15, 0.2) is 5.96 Å². The van der Waals surface area contributed by atoms with Crippen molar-refractivity contribution in [2.24, 2.45) is 10.7 Å². The predicted octanol–water partition coefficient (Wildman–Crippen LogP) is -0.238. The number of nitrogens with zero attached hydrogens (tertiary/aromatic N) is 2. The number of guanidine groups is 1. The van der Waals surface area contributed by atoms with Crippen molar-refractivity contribution in [3.63, 3.8) is 0 Å². The lowest BCUT2D eigenvalue weighted by molar-refractivity contribution is -0.158. The van der Waals surface area contributed by atoms with Crippen molar-refractivity contribution in [1.29, 1.82) is 0 Å². The molecule has 3 rings (SSSR count). The van der Waals surface area contributed by atoms with Gasteiger partial charge >= 0.3 is 5.97 Å². The number of hydrogen-bond acceptors (Lipinski definition) is 8. The van der Waals surface area contributed by atoms with Crippen molar-refractivity contribution in [3.05, 3.63) is 11.3 Å². The zero-order valence-electron chi connectivity index (χ0n) is 15.0. The molecule has 0 spiro atoms. The molecule has 3 heterocycles. The van der Waals surface area contributed by atoms with Gasteiger partial charge in [-0.3, -0.25) is 14.7 Å². The summed E-state index contributed by atoms with van der Waals surface area (Å²) >= 11 is 1.63. The van der Waals surface area contributed by atoms with E-state index in [2.05, 4.69) is 15.6 Å². The highest BCUT2D eigenvalue weighted by atomic mass is 32.2. The molecule has 0 aromatic rings. The third-order valence-electron chi connectivity index (χ3n) is 4.14. The molecule has 3 atom stereocenters. The summed E-state index contributed by atoms with van der Waals surface area (Å²) in [7, 11) is 0. The van der Waals surface area contributed by atoms with Gasteiger partial charge in [0.1, 0.15) is 22.7 Å². The van der Waals surface area contributed by atoms with E-state index in [1.54, 1.807) is 16.7 Å². The quantitative estimate of drug-likeness (QED) is 0.467.